The van der Waals surface area contributed by atoms with E-state index in [9.17, 15) is 0 Å². The lowest BCUT2D eigenvalue weighted by atomic mass is 10.1. The number of hydrogen-bond donors (Lipinski definition) is 0. The minimum Gasteiger partial charge on any atom is -0.375 e. The molecule has 0 aliphatic carbocycles. The third-order valence-electron chi connectivity index (χ3n) is 2.81. The predicted octanol–water partition coefficient (Wildman–Crippen LogP) is 3.51. The average Bonchev–Trinajstić information content (AvgIpc) is 2.48. The molecular weight excluding hydrogens is 170 g/mol. The van der Waals surface area contributed by atoms with E-state index in [-0.39, 0.29) is 0 Å². The highest BCUT2D eigenvalue weighted by molar-refractivity contribution is 5.39. The van der Waals surface area contributed by atoms with Crippen LogP contribution < -0.4 is 0 Å². The monoisotopic (exact) mass is 191 g/mol. The minimum absolute atomic E-state index is 1.12. The van der Waals surface area contributed by atoms with Gasteiger partial charge >= 0.3 is 0 Å². The zero-order valence-corrected chi connectivity index (χ0v) is 9.64. The summed E-state index contributed by atoms with van der Waals surface area (Å²) in [6, 6.07) is 0. The van der Waals surface area contributed by atoms with E-state index in [0.717, 1.165) is 13.0 Å². The fraction of sp³-hybridized carbons (Fsp3) is 0.538. The van der Waals surface area contributed by atoms with E-state index in [1.807, 2.05) is 0 Å². The van der Waals surface area contributed by atoms with E-state index in [1.54, 1.807) is 0 Å². The normalized spacial score (nSPS) is 21.1. The Morgan fingerprint density at radius 1 is 1.57 bits per heavy atom. The van der Waals surface area contributed by atoms with Gasteiger partial charge in [-0.15, -0.1) is 0 Å². The Labute approximate surface area is 87.8 Å². The Bertz CT molecular complexity index is 271. The van der Waals surface area contributed by atoms with Crippen molar-refractivity contribution in [1.82, 2.24) is 4.90 Å². The quantitative estimate of drug-likeness (QED) is 0.660. The average molecular weight is 191 g/mol. The summed E-state index contributed by atoms with van der Waals surface area (Å²) in [5.41, 5.74) is 4.01. The maximum Gasteiger partial charge on any atom is 0.0326 e. The van der Waals surface area contributed by atoms with Crippen LogP contribution in [0.15, 0.2) is 35.6 Å². The molecule has 0 N–H and O–H groups in total. The maximum atomic E-state index is 4.10. The third-order valence-corrected chi connectivity index (χ3v) is 2.81. The van der Waals surface area contributed by atoms with Gasteiger partial charge in [0.15, 0.2) is 0 Å². The Kier molecular flexibility index (Phi) is 3.99. The molecule has 0 saturated carbocycles. The topological polar surface area (TPSA) is 3.24 Å². The molecule has 1 nitrogen and oxygen atoms in total. The van der Waals surface area contributed by atoms with Crippen LogP contribution in [-0.4, -0.2) is 18.5 Å². The first-order valence-electron chi connectivity index (χ1n) is 5.43. The van der Waals surface area contributed by atoms with Crippen molar-refractivity contribution in [3.63, 3.8) is 0 Å². The van der Waals surface area contributed by atoms with Gasteiger partial charge in [-0.3, -0.25) is 0 Å². The van der Waals surface area contributed by atoms with Crippen LogP contribution in [0.4, 0.5) is 0 Å². The van der Waals surface area contributed by atoms with Crippen molar-refractivity contribution >= 4 is 0 Å². The first kappa shape index (κ1) is 11.1. The molecule has 0 atom stereocenters. The van der Waals surface area contributed by atoms with E-state index in [0.29, 0.717) is 0 Å². The number of likely N-dealkylation sites (tertiary alicyclic amines) is 1. The van der Waals surface area contributed by atoms with Crippen molar-refractivity contribution in [3.8, 4) is 0 Å². The lowest BCUT2D eigenvalue weighted by molar-refractivity contribution is 0.484. The van der Waals surface area contributed by atoms with Crippen molar-refractivity contribution < 1.29 is 0 Å². The minimum atomic E-state index is 1.12. The van der Waals surface area contributed by atoms with Crippen molar-refractivity contribution in [2.45, 2.75) is 33.1 Å². The van der Waals surface area contributed by atoms with Crippen LogP contribution in [0.3, 0.4) is 0 Å². The fourth-order valence-electron chi connectivity index (χ4n) is 1.74. The van der Waals surface area contributed by atoms with E-state index in [4.69, 9.17) is 0 Å². The Morgan fingerprint density at radius 3 is 2.79 bits per heavy atom. The largest absolute Gasteiger partial charge is 0.375 e. The number of unbranched alkanes of at least 4 members (excludes halogenated alkanes) is 1. The number of nitrogens with zero attached hydrogens (tertiary/aromatic N) is 1. The molecule has 0 radical (unpaired) electrons. The lowest BCUT2D eigenvalue weighted by Crippen LogP contribution is -2.09. The summed E-state index contributed by atoms with van der Waals surface area (Å²) < 4.78 is 0. The lowest BCUT2D eigenvalue weighted by Gasteiger charge is -2.11. The van der Waals surface area contributed by atoms with Gasteiger partial charge in [-0.2, -0.15) is 0 Å². The number of hydrogen-bond acceptors (Lipinski definition) is 1. The second-order valence-corrected chi connectivity index (χ2v) is 3.97. The van der Waals surface area contributed by atoms with Crippen molar-refractivity contribution in [2.75, 3.05) is 13.6 Å². The number of allylic oxidation sites excluding steroid dienone is 4. The van der Waals surface area contributed by atoms with Crippen LogP contribution >= 0.6 is 0 Å². The SMILES string of the molecule is C=C1/C(=C(C)\C=C/CCC)CCN1C. The Hall–Kier alpha value is -0.980. The standard InChI is InChI=1S/C13H21N/c1-5-6-7-8-11(2)13-9-10-14(4)12(13)3/h7-8H,3,5-6,9-10H2,1-2,4H3/b8-7-,13-11-. The highest BCUT2D eigenvalue weighted by Crippen LogP contribution is 2.27. The molecule has 1 saturated heterocycles. The summed E-state index contributed by atoms with van der Waals surface area (Å²) in [5, 5.41) is 0. The molecule has 0 spiro atoms. The van der Waals surface area contributed by atoms with Crippen molar-refractivity contribution in [2.24, 2.45) is 0 Å². The summed E-state index contributed by atoms with van der Waals surface area (Å²) in [6.45, 7) is 9.61. The van der Waals surface area contributed by atoms with Gasteiger partial charge in [0.1, 0.15) is 0 Å². The number of likely N-dealkylation sites (N-methyl/N-ethyl adjacent to an activating group) is 1. The number of rotatable bonds is 3. The predicted molar refractivity (Wildman–Crippen MR) is 63.1 cm³/mol. The summed E-state index contributed by atoms with van der Waals surface area (Å²) >= 11 is 0. The van der Waals surface area contributed by atoms with Gasteiger partial charge in [0.2, 0.25) is 0 Å². The van der Waals surface area contributed by atoms with Crippen molar-refractivity contribution in [3.05, 3.63) is 35.6 Å². The molecule has 1 aliphatic heterocycles. The third kappa shape index (κ3) is 2.50. The molecule has 14 heavy (non-hydrogen) atoms. The highest BCUT2D eigenvalue weighted by Gasteiger charge is 2.17. The van der Waals surface area contributed by atoms with E-state index in [2.05, 4.69) is 44.5 Å². The molecule has 1 aliphatic rings. The van der Waals surface area contributed by atoms with E-state index >= 15 is 0 Å². The second kappa shape index (κ2) is 5.04. The molecule has 1 rings (SSSR count). The molecule has 0 aromatic rings. The smallest absolute Gasteiger partial charge is 0.0326 e. The fourth-order valence-corrected chi connectivity index (χ4v) is 1.74. The van der Waals surface area contributed by atoms with Crippen LogP contribution in [-0.2, 0) is 0 Å². The molecule has 1 heterocycles. The zero-order valence-electron chi connectivity index (χ0n) is 9.64. The van der Waals surface area contributed by atoms with Gasteiger partial charge in [0.05, 0.1) is 0 Å². The van der Waals surface area contributed by atoms with Crippen LogP contribution in [0.1, 0.15) is 33.1 Å². The first-order chi connectivity index (χ1) is 6.66. The van der Waals surface area contributed by atoms with Crippen molar-refractivity contribution in [1.29, 1.82) is 0 Å². The Morgan fingerprint density at radius 2 is 2.29 bits per heavy atom. The first-order valence-corrected chi connectivity index (χ1v) is 5.43. The van der Waals surface area contributed by atoms with Gasteiger partial charge in [0, 0.05) is 19.3 Å². The molecule has 1 heteroatoms. The Balaban J connectivity index is 2.69. The van der Waals surface area contributed by atoms with Gasteiger partial charge in [-0.25, -0.2) is 0 Å². The molecule has 0 aromatic carbocycles. The second-order valence-electron chi connectivity index (χ2n) is 3.97. The summed E-state index contributed by atoms with van der Waals surface area (Å²) in [7, 11) is 2.11. The molecular formula is C13H21N. The summed E-state index contributed by atoms with van der Waals surface area (Å²) in [5.74, 6) is 0. The summed E-state index contributed by atoms with van der Waals surface area (Å²) in [4.78, 5) is 2.23. The van der Waals surface area contributed by atoms with Crippen LogP contribution in [0, 0.1) is 0 Å². The molecule has 0 bridgehead atoms. The van der Waals surface area contributed by atoms with Gasteiger partial charge < -0.3 is 4.90 Å². The van der Waals surface area contributed by atoms with E-state index < -0.39 is 0 Å². The molecule has 0 amide bonds. The molecule has 78 valence electrons. The van der Waals surface area contributed by atoms with Crippen LogP contribution in [0.25, 0.3) is 0 Å². The summed E-state index contributed by atoms with van der Waals surface area (Å²) in [6.07, 6.45) is 8.04. The highest BCUT2D eigenvalue weighted by atomic mass is 15.1. The van der Waals surface area contributed by atoms with Gasteiger partial charge in [-0.1, -0.05) is 32.1 Å². The van der Waals surface area contributed by atoms with Gasteiger partial charge in [0.25, 0.3) is 0 Å². The van der Waals surface area contributed by atoms with Crippen LogP contribution in [0.5, 0.6) is 0 Å². The zero-order chi connectivity index (χ0) is 10.6. The maximum absolute atomic E-state index is 4.10. The van der Waals surface area contributed by atoms with Crippen LogP contribution in [0.2, 0.25) is 0 Å². The molecule has 1 fully saturated rings. The van der Waals surface area contributed by atoms with Gasteiger partial charge in [-0.05, 0) is 30.9 Å². The van der Waals surface area contributed by atoms with E-state index in [1.165, 1.54) is 29.7 Å². The molecule has 0 unspecified atom stereocenters. The molecule has 0 aromatic heterocycles.